The summed E-state index contributed by atoms with van der Waals surface area (Å²) in [5.41, 5.74) is 7.81. The maximum absolute atomic E-state index is 6.40. The first-order valence-corrected chi connectivity index (χ1v) is 6.97. The molecule has 1 saturated heterocycles. The number of hydrogen-bond acceptors (Lipinski definition) is 3. The molecule has 0 radical (unpaired) electrons. The lowest BCUT2D eigenvalue weighted by molar-refractivity contribution is 0.0345. The van der Waals surface area contributed by atoms with Crippen molar-refractivity contribution in [3.8, 4) is 0 Å². The van der Waals surface area contributed by atoms with Gasteiger partial charge in [0.25, 0.3) is 0 Å². The van der Waals surface area contributed by atoms with Crippen molar-refractivity contribution in [2.45, 2.75) is 64.7 Å². The number of rotatable bonds is 2. The summed E-state index contributed by atoms with van der Waals surface area (Å²) in [4.78, 5) is 6.83. The van der Waals surface area contributed by atoms with Gasteiger partial charge in [-0.3, -0.25) is 4.90 Å². The number of piperidine rings is 1. The number of aryl methyl sites for hydroxylation is 1. The van der Waals surface area contributed by atoms with Crippen molar-refractivity contribution in [2.75, 3.05) is 6.54 Å². The maximum atomic E-state index is 6.40. The molecule has 1 aromatic heterocycles. The highest BCUT2D eigenvalue weighted by molar-refractivity contribution is 5.12. The van der Waals surface area contributed by atoms with Crippen LogP contribution < -0.4 is 5.73 Å². The van der Waals surface area contributed by atoms with Crippen LogP contribution in [0.25, 0.3) is 0 Å². The van der Waals surface area contributed by atoms with Gasteiger partial charge in [0.1, 0.15) is 0 Å². The summed E-state index contributed by atoms with van der Waals surface area (Å²) in [6, 6.07) is 0.501. The van der Waals surface area contributed by atoms with Crippen LogP contribution in [0, 0.1) is 0 Å². The van der Waals surface area contributed by atoms with E-state index in [-0.39, 0.29) is 11.6 Å². The monoisotopic (exact) mass is 250 g/mol. The lowest BCUT2D eigenvalue weighted by Gasteiger charge is -2.47. The van der Waals surface area contributed by atoms with Crippen LogP contribution in [0.3, 0.4) is 0 Å². The molecule has 2 unspecified atom stereocenters. The normalized spacial score (nSPS) is 26.5. The first kappa shape index (κ1) is 13.6. The number of aromatic nitrogens is 2. The molecule has 4 heteroatoms. The summed E-state index contributed by atoms with van der Waals surface area (Å²) in [7, 11) is 0. The Kier molecular flexibility index (Phi) is 3.78. The fourth-order valence-corrected chi connectivity index (χ4v) is 3.00. The zero-order chi connectivity index (χ0) is 13.3. The number of hydrogen-bond donors (Lipinski definition) is 1. The average molecular weight is 250 g/mol. The van der Waals surface area contributed by atoms with E-state index in [2.05, 4.69) is 42.1 Å². The van der Waals surface area contributed by atoms with Crippen LogP contribution in [0.15, 0.2) is 12.5 Å². The Morgan fingerprint density at radius 1 is 1.44 bits per heavy atom. The lowest BCUT2D eigenvalue weighted by Crippen LogP contribution is -2.53. The van der Waals surface area contributed by atoms with Gasteiger partial charge in [-0.1, -0.05) is 0 Å². The summed E-state index contributed by atoms with van der Waals surface area (Å²) < 4.78 is 2.22. The third-order valence-electron chi connectivity index (χ3n) is 3.93. The molecule has 0 bridgehead atoms. The minimum Gasteiger partial charge on any atom is -0.333 e. The zero-order valence-electron chi connectivity index (χ0n) is 12.1. The topological polar surface area (TPSA) is 47.1 Å². The largest absolute Gasteiger partial charge is 0.333 e. The van der Waals surface area contributed by atoms with Crippen LogP contribution in [-0.4, -0.2) is 32.6 Å². The Bertz CT molecular complexity index is 391. The molecule has 0 aliphatic carbocycles. The Morgan fingerprint density at radius 3 is 2.78 bits per heavy atom. The van der Waals surface area contributed by atoms with Gasteiger partial charge in [-0.05, 0) is 47.1 Å². The second-order valence-corrected chi connectivity index (χ2v) is 6.22. The second kappa shape index (κ2) is 5.02. The summed E-state index contributed by atoms with van der Waals surface area (Å²) in [5, 5.41) is 0. The number of likely N-dealkylation sites (tertiary alicyclic amines) is 1. The van der Waals surface area contributed by atoms with E-state index >= 15 is 0 Å². The Morgan fingerprint density at radius 2 is 2.17 bits per heavy atom. The predicted molar refractivity (Wildman–Crippen MR) is 74.3 cm³/mol. The highest BCUT2D eigenvalue weighted by Gasteiger charge is 2.37. The summed E-state index contributed by atoms with van der Waals surface area (Å²) in [6.07, 6.45) is 6.19. The van der Waals surface area contributed by atoms with E-state index in [0.717, 1.165) is 19.5 Å². The molecule has 0 saturated carbocycles. The van der Waals surface area contributed by atoms with Crippen LogP contribution in [0.4, 0.5) is 0 Å². The minimum atomic E-state index is 0.144. The molecular formula is C14H26N4. The molecule has 1 aromatic rings. The van der Waals surface area contributed by atoms with E-state index in [4.69, 9.17) is 5.73 Å². The average Bonchev–Trinajstić information content (AvgIpc) is 2.75. The molecule has 1 aliphatic heterocycles. The van der Waals surface area contributed by atoms with Gasteiger partial charge in [-0.2, -0.15) is 0 Å². The van der Waals surface area contributed by atoms with E-state index < -0.39 is 0 Å². The van der Waals surface area contributed by atoms with Gasteiger partial charge in [0.15, 0.2) is 0 Å². The van der Waals surface area contributed by atoms with Gasteiger partial charge in [-0.25, -0.2) is 4.98 Å². The molecule has 2 N–H and O–H groups in total. The Labute approximate surface area is 110 Å². The Hall–Kier alpha value is -0.870. The first-order chi connectivity index (χ1) is 8.45. The molecule has 1 fully saturated rings. The van der Waals surface area contributed by atoms with Gasteiger partial charge in [0.05, 0.1) is 18.1 Å². The predicted octanol–water partition coefficient (Wildman–Crippen LogP) is 2.17. The molecule has 0 amide bonds. The van der Waals surface area contributed by atoms with E-state index in [9.17, 15) is 0 Å². The molecule has 18 heavy (non-hydrogen) atoms. The summed E-state index contributed by atoms with van der Waals surface area (Å²) in [6.45, 7) is 11.0. The first-order valence-electron chi connectivity index (χ1n) is 6.97. The number of imidazole rings is 1. The highest BCUT2D eigenvalue weighted by atomic mass is 15.3. The van der Waals surface area contributed by atoms with E-state index in [1.54, 1.807) is 0 Å². The third kappa shape index (κ3) is 2.45. The fraction of sp³-hybridized carbons (Fsp3) is 0.786. The minimum absolute atomic E-state index is 0.144. The van der Waals surface area contributed by atoms with Gasteiger partial charge in [0, 0.05) is 24.3 Å². The van der Waals surface area contributed by atoms with Crippen LogP contribution in [0.2, 0.25) is 0 Å². The van der Waals surface area contributed by atoms with E-state index in [1.165, 1.54) is 12.1 Å². The molecule has 2 heterocycles. The van der Waals surface area contributed by atoms with Crippen LogP contribution in [0.1, 0.15) is 52.3 Å². The molecule has 0 spiro atoms. The molecular weight excluding hydrogens is 224 g/mol. The van der Waals surface area contributed by atoms with Gasteiger partial charge in [0.2, 0.25) is 0 Å². The number of nitrogens with two attached hydrogens (primary N) is 1. The maximum Gasteiger partial charge on any atom is 0.0948 e. The zero-order valence-corrected chi connectivity index (χ0v) is 12.1. The molecule has 2 atom stereocenters. The quantitative estimate of drug-likeness (QED) is 0.875. The fourth-order valence-electron chi connectivity index (χ4n) is 3.00. The van der Waals surface area contributed by atoms with Crippen molar-refractivity contribution >= 4 is 0 Å². The standard InChI is InChI=1S/C14H26N4/c1-5-17-10-16-9-12(17)13-11(15)7-6-8-18(13)14(2,3)4/h9-11,13H,5-8,15H2,1-4H3. The van der Waals surface area contributed by atoms with Crippen molar-refractivity contribution < 1.29 is 0 Å². The summed E-state index contributed by atoms with van der Waals surface area (Å²) in [5.74, 6) is 0. The molecule has 0 aromatic carbocycles. The molecule has 1 aliphatic rings. The second-order valence-electron chi connectivity index (χ2n) is 6.22. The molecule has 2 rings (SSSR count). The van der Waals surface area contributed by atoms with Crippen molar-refractivity contribution in [1.29, 1.82) is 0 Å². The Balaban J connectivity index is 2.36. The van der Waals surface area contributed by atoms with Gasteiger partial charge in [-0.15, -0.1) is 0 Å². The van der Waals surface area contributed by atoms with E-state index in [1.807, 2.05) is 12.5 Å². The van der Waals surface area contributed by atoms with Crippen molar-refractivity contribution in [3.05, 3.63) is 18.2 Å². The van der Waals surface area contributed by atoms with Gasteiger partial charge >= 0.3 is 0 Å². The molecule has 4 nitrogen and oxygen atoms in total. The third-order valence-corrected chi connectivity index (χ3v) is 3.93. The summed E-state index contributed by atoms with van der Waals surface area (Å²) >= 11 is 0. The SMILES string of the molecule is CCn1cncc1C1C(N)CCCN1C(C)(C)C. The van der Waals surface area contributed by atoms with Crippen molar-refractivity contribution in [2.24, 2.45) is 5.73 Å². The van der Waals surface area contributed by atoms with Crippen LogP contribution in [-0.2, 0) is 6.54 Å². The van der Waals surface area contributed by atoms with Crippen LogP contribution in [0.5, 0.6) is 0 Å². The highest BCUT2D eigenvalue weighted by Crippen LogP contribution is 2.35. The number of nitrogens with zero attached hydrogens (tertiary/aromatic N) is 3. The van der Waals surface area contributed by atoms with Crippen LogP contribution >= 0.6 is 0 Å². The van der Waals surface area contributed by atoms with Crippen molar-refractivity contribution in [1.82, 2.24) is 14.5 Å². The molecule has 102 valence electrons. The lowest BCUT2D eigenvalue weighted by atomic mass is 9.89. The van der Waals surface area contributed by atoms with Gasteiger partial charge < -0.3 is 10.3 Å². The van der Waals surface area contributed by atoms with E-state index in [0.29, 0.717) is 6.04 Å². The smallest absolute Gasteiger partial charge is 0.0948 e. The van der Waals surface area contributed by atoms with Crippen molar-refractivity contribution in [3.63, 3.8) is 0 Å².